The maximum Gasteiger partial charge on any atom is 0.490 e. The Morgan fingerprint density at radius 1 is 0.589 bits per heavy atom. The number of nitrogens with two attached hydrogens (primary N) is 4. The number of aromatic amines is 1. The molecule has 14 atom stereocenters. The second-order valence-electron chi connectivity index (χ2n) is 32.7. The molecule has 18 N–H and O–H groups in total. The highest BCUT2D eigenvalue weighted by Crippen LogP contribution is 2.66. The molecule has 0 aliphatic carbocycles. The second-order valence-corrected chi connectivity index (χ2v) is 38.2. The van der Waals surface area contributed by atoms with E-state index in [4.69, 9.17) is 75.4 Å². The maximum absolute atomic E-state index is 12.5. The lowest BCUT2D eigenvalue weighted by atomic mass is 9.83. The zero-order chi connectivity index (χ0) is 96.2. The molecule has 3 saturated heterocycles. The smallest absolute Gasteiger partial charge is 0.490 e. The fraction of sp³-hybridized carbons (Fsp3) is 0.519. The molecule has 0 bridgehead atoms. The van der Waals surface area contributed by atoms with E-state index in [0.717, 1.165) is 0 Å². The first-order valence-corrected chi connectivity index (χ1v) is 44.6. The number of halogens is 1. The van der Waals surface area contributed by atoms with Crippen LogP contribution in [0.5, 0.6) is 17.2 Å². The molecule has 0 spiro atoms. The maximum atomic E-state index is 12.5. The molecule has 129 heavy (non-hydrogen) atoms. The number of carbonyl (C=O) groups is 1. The number of fused-ring (bicyclic) bond motifs is 1. The van der Waals surface area contributed by atoms with E-state index in [1.807, 2.05) is 64.1 Å². The summed E-state index contributed by atoms with van der Waals surface area (Å²) in [5.41, 5.74) is 21.2. The predicted octanol–water partition coefficient (Wildman–Crippen LogP) is 6.53. The molecule has 3 aromatic carbocycles. The number of methoxy groups -OCH3 is 3. The number of nitrogen functional groups attached to an aromatic ring is 3. The van der Waals surface area contributed by atoms with E-state index in [0.29, 0.717) is 49.3 Å². The summed E-state index contributed by atoms with van der Waals surface area (Å²) in [5, 5.41) is 85.9. The highest BCUT2D eigenvalue weighted by Gasteiger charge is 2.46. The number of rotatable bonds is 32. The van der Waals surface area contributed by atoms with Crippen LogP contribution in [0, 0.1) is 73.8 Å². The van der Waals surface area contributed by atoms with E-state index in [1.54, 1.807) is 26.8 Å². The van der Waals surface area contributed by atoms with E-state index >= 15 is 0 Å². The zero-order valence-corrected chi connectivity index (χ0v) is 76.7. The summed E-state index contributed by atoms with van der Waals surface area (Å²) in [7, 11) is -12.7. The quantitative estimate of drug-likeness (QED) is 0.00700. The van der Waals surface area contributed by atoms with Crippen LogP contribution in [-0.4, -0.2) is 184 Å². The number of hydrogen-bond acceptors (Lipinski definition) is 37. The summed E-state index contributed by atoms with van der Waals surface area (Å²) in [4.78, 5) is 134. The van der Waals surface area contributed by atoms with Crippen LogP contribution in [0.25, 0.3) is 11.0 Å². The van der Waals surface area contributed by atoms with Gasteiger partial charge in [-0.2, -0.15) is 23.6 Å². The number of Topliss-reactive ketones (excluding diaryl/α,β-unsaturated/α-hetero) is 1. The third-order valence-corrected chi connectivity index (χ3v) is 24.5. The molecule has 0 saturated carbocycles. The van der Waals surface area contributed by atoms with Crippen molar-refractivity contribution in [1.29, 1.82) is 0 Å². The standard InChI is InChI=1S/C28H36N4O9.C27H37N6O17P3.C22H29IN4O8/c1-16(34)8-6-7-9-17-10-20(32(37)38)19(11-22(17)39-5)25(28(2,3)4)40-15-18-13-31(27(36)30-26(18)29)24-12-21(35)23(14-33)41-24;1-27(2,3)23(16-9-19(45-4)14(6-5-7-28)8-17(16)33(36)37)46-12-15-11-32(25-22(15)24(29)30-26(35)31-25)21-10-18(34)20(48-21)13-47-52(41,42)50-53(43,44)49-51(38,39)40;1-22(2,3)19(12-5-16(33-4)13(23)6-14(12)27(31)32)34-10-11-8-26(21(30)25-20(11)24)18-7-15(29)17(9-28)35-18/h10-11,13,21,23-25,33,35H,6,8,12,14-15H2,1-5H3,(H2,29,30,36);8-9,11,18,20-21,23,34H,7,10,12-13,28H2,1-4H3,(H,41,42)(H,43,44)(H2,38,39,40)(H3,29,30,31,35);5-6,8,15,17-19,28-29H,7,9-10H2,1-4H3,(H2,24,25,30)/t21?,23-,24-,25-;18?,20-,21-,23-;15?,17-,18-,19-/m111/s1. The SMILES string of the molecule is COc1cc([C@@H](OCc2cn([C@H]3CC(O)[C@@H](CO)O3)c(=O)nc2N)C(C)(C)C)c([N+](=O)[O-])cc1C#CCCC(C)=O.COc1cc([C@@H](OCc2cn([C@H]3CC(O)[C@@H](CO)O3)c(=O)nc2N)C(C)(C)C)c([N+](=O)[O-])cc1I.COc1cc([C@@H](OCc2cn([C@H]3CC(O)[C@@H](COP(=O)(O)OP(=O)(O)OP(=O)(O)O)O3)c3nc(=O)[nH]c(N)c23)C(C)(C)C)c([N+](=O)[O-])cc1C#CCN. The number of nitro benzene ring substituents is 3. The first-order valence-electron chi connectivity index (χ1n) is 39.0. The van der Waals surface area contributed by atoms with Crippen molar-refractivity contribution in [2.75, 3.05) is 64.9 Å². The lowest BCUT2D eigenvalue weighted by Gasteiger charge is -2.31. The van der Waals surface area contributed by atoms with Crippen LogP contribution in [0.15, 0.2) is 69.4 Å². The van der Waals surface area contributed by atoms with Crippen molar-refractivity contribution in [1.82, 2.24) is 33.6 Å². The number of nitrogens with zero attached hydrogens (tertiary/aromatic N) is 9. The third kappa shape index (κ3) is 27.2. The molecule has 3 aliphatic rings. The van der Waals surface area contributed by atoms with Gasteiger partial charge in [0.25, 0.3) is 17.1 Å². The van der Waals surface area contributed by atoms with Gasteiger partial charge in [-0.05, 0) is 64.0 Å². The molecular formula is C77H102IN14O34P3. The number of nitro groups is 3. The summed E-state index contributed by atoms with van der Waals surface area (Å²) in [6, 6.07) is 8.61. The van der Waals surface area contributed by atoms with E-state index in [9.17, 15) is 98.5 Å². The summed E-state index contributed by atoms with van der Waals surface area (Å²) < 4.78 is 103. The Morgan fingerprint density at radius 2 is 0.977 bits per heavy atom. The number of H-pyrrole nitrogens is 1. The number of benzene rings is 3. The highest BCUT2D eigenvalue weighted by molar-refractivity contribution is 14.1. The van der Waals surface area contributed by atoms with Gasteiger partial charge >= 0.3 is 40.5 Å². The van der Waals surface area contributed by atoms with Crippen molar-refractivity contribution in [2.45, 2.75) is 195 Å². The molecule has 7 heterocycles. The summed E-state index contributed by atoms with van der Waals surface area (Å²) in [5.74, 6) is 11.9. The number of hydrogen-bond donors (Lipinski definition) is 14. The number of carbonyl (C=O) groups excluding carboxylic acids is 1. The molecular weight excluding hydrogens is 1880 g/mol. The monoisotopic (exact) mass is 1990 g/mol. The largest absolute Gasteiger partial charge is 0.496 e. The first-order chi connectivity index (χ1) is 60.1. The Morgan fingerprint density at radius 3 is 1.36 bits per heavy atom. The Balaban J connectivity index is 0.000000245. The van der Waals surface area contributed by atoms with Crippen LogP contribution in [0.1, 0.15) is 183 Å². The molecule has 10 rings (SSSR count). The van der Waals surface area contributed by atoms with Gasteiger partial charge in [-0.15, -0.1) is 0 Å². The topological polar surface area (TPSA) is 715 Å². The van der Waals surface area contributed by atoms with Crippen LogP contribution in [0.3, 0.4) is 0 Å². The van der Waals surface area contributed by atoms with Gasteiger partial charge in [0.2, 0.25) is 0 Å². The van der Waals surface area contributed by atoms with Crippen molar-refractivity contribution in [3.8, 4) is 40.9 Å². The van der Waals surface area contributed by atoms with Crippen molar-refractivity contribution >= 4 is 97.4 Å². The van der Waals surface area contributed by atoms with Gasteiger partial charge in [0.1, 0.15) is 77.5 Å². The molecule has 0 amide bonds. The number of anilines is 3. The Hall–Kier alpha value is -9.71. The van der Waals surface area contributed by atoms with E-state index in [-0.39, 0.29) is 126 Å². The number of ether oxygens (including phenoxy) is 9. The van der Waals surface area contributed by atoms with Crippen LogP contribution in [0.4, 0.5) is 34.5 Å². The molecule has 3 fully saturated rings. The van der Waals surface area contributed by atoms with Crippen molar-refractivity contribution in [3.05, 3.63) is 165 Å². The highest BCUT2D eigenvalue weighted by atomic mass is 127. The second kappa shape index (κ2) is 43.6. The van der Waals surface area contributed by atoms with Gasteiger partial charge in [0, 0.05) is 85.6 Å². The Labute approximate surface area is 748 Å². The molecule has 3 aliphatic heterocycles. The van der Waals surface area contributed by atoms with E-state index < -0.39 is 165 Å². The molecule has 4 aromatic heterocycles. The van der Waals surface area contributed by atoms with Crippen molar-refractivity contribution in [3.63, 3.8) is 0 Å². The minimum Gasteiger partial charge on any atom is -0.496 e. The summed E-state index contributed by atoms with van der Waals surface area (Å²) in [6.07, 6.45) is -6.90. The third-order valence-electron chi connectivity index (χ3n) is 19.8. The van der Waals surface area contributed by atoms with Crippen LogP contribution < -0.4 is 54.2 Å². The number of aliphatic hydroxyl groups excluding tert-OH is 5. The fourth-order valence-electron chi connectivity index (χ4n) is 13.9. The average molecular weight is 1990 g/mol. The molecule has 706 valence electrons. The van der Waals surface area contributed by atoms with Gasteiger partial charge in [-0.3, -0.25) is 53.8 Å². The van der Waals surface area contributed by atoms with Gasteiger partial charge < -0.3 is 115 Å². The lowest BCUT2D eigenvalue weighted by molar-refractivity contribution is -0.386. The Kier molecular flexibility index (Phi) is 35.3. The molecule has 5 unspecified atom stereocenters. The number of ketones is 1. The van der Waals surface area contributed by atoms with Crippen LogP contribution >= 0.6 is 46.1 Å². The van der Waals surface area contributed by atoms with E-state index in [1.165, 1.54) is 90.9 Å². The number of phosphoric ester groups is 1. The van der Waals surface area contributed by atoms with Crippen LogP contribution in [-0.2, 0) is 79.9 Å². The normalized spacial score (nSPS) is 20.4. The van der Waals surface area contributed by atoms with Gasteiger partial charge in [-0.1, -0.05) is 86.0 Å². The fourth-order valence-corrected chi connectivity index (χ4v) is 17.6. The summed E-state index contributed by atoms with van der Waals surface area (Å²) >= 11 is 1.97. The van der Waals surface area contributed by atoms with E-state index in [2.05, 4.69) is 56.8 Å². The number of phosphoric acid groups is 3. The van der Waals surface area contributed by atoms with Crippen LogP contribution in [0.2, 0.25) is 0 Å². The summed E-state index contributed by atoms with van der Waals surface area (Å²) in [6.45, 7) is 15.8. The van der Waals surface area contributed by atoms with Gasteiger partial charge in [-0.25, -0.2) is 28.1 Å². The van der Waals surface area contributed by atoms with Gasteiger partial charge in [0.05, 0.1) is 156 Å². The van der Waals surface area contributed by atoms with Crippen molar-refractivity contribution in [2.24, 2.45) is 22.0 Å². The lowest BCUT2D eigenvalue weighted by Crippen LogP contribution is -2.29. The van der Waals surface area contributed by atoms with Gasteiger partial charge in [0.15, 0.2) is 5.65 Å². The molecule has 7 aromatic rings. The average Bonchev–Trinajstić information content (AvgIpc) is 1.63. The molecule has 0 radical (unpaired) electrons. The molecule has 52 heteroatoms. The minimum atomic E-state index is -5.79. The van der Waals surface area contributed by atoms with Crippen molar-refractivity contribution < 1.29 is 134 Å². The zero-order valence-electron chi connectivity index (χ0n) is 71.9. The minimum absolute atomic E-state index is 0.00766. The molecule has 48 nitrogen and oxygen atoms in total. The number of aromatic nitrogens is 7. The Bertz CT molecular complexity index is 5770. The number of nitrogens with one attached hydrogen (secondary N) is 1. The predicted molar refractivity (Wildman–Crippen MR) is 464 cm³/mol. The number of aliphatic hydroxyl groups is 5. The first kappa shape index (κ1) is 105.